The minimum Gasteiger partial charge on any atom is -0.444 e. The van der Waals surface area contributed by atoms with Crippen LogP contribution in [0.25, 0.3) is 0 Å². The van der Waals surface area contributed by atoms with Gasteiger partial charge in [-0.2, -0.15) is 0 Å². The summed E-state index contributed by atoms with van der Waals surface area (Å²) in [6.07, 6.45) is 1.29. The average Bonchev–Trinajstić information content (AvgIpc) is 2.51. The Morgan fingerprint density at radius 3 is 2.38 bits per heavy atom. The van der Waals surface area contributed by atoms with E-state index in [-0.39, 0.29) is 17.7 Å². The van der Waals surface area contributed by atoms with Crippen molar-refractivity contribution in [1.82, 2.24) is 9.88 Å². The number of hydrogen-bond donors (Lipinski definition) is 1. The van der Waals surface area contributed by atoms with Crippen LogP contribution in [0.5, 0.6) is 0 Å². The van der Waals surface area contributed by atoms with Gasteiger partial charge in [-0.1, -0.05) is 20.8 Å². The Bertz CT molecular complexity index is 728. The molecule has 1 aliphatic heterocycles. The molecule has 2 heterocycles. The van der Waals surface area contributed by atoms with Crippen LogP contribution in [-0.4, -0.2) is 54.2 Å². The normalized spacial score (nSPS) is 23.8. The second kappa shape index (κ2) is 8.28. The van der Waals surface area contributed by atoms with E-state index in [4.69, 9.17) is 9.16 Å². The van der Waals surface area contributed by atoms with E-state index in [9.17, 15) is 9.90 Å². The second-order valence-corrected chi connectivity index (χ2v) is 16.1. The van der Waals surface area contributed by atoms with E-state index >= 15 is 0 Å². The number of rotatable bonds is 3. The molecule has 1 saturated heterocycles. The quantitative estimate of drug-likeness (QED) is 0.604. The van der Waals surface area contributed by atoms with E-state index in [1.165, 1.54) is 0 Å². The lowest BCUT2D eigenvalue weighted by Gasteiger charge is -2.47. The number of aromatic nitrogens is 1. The summed E-state index contributed by atoms with van der Waals surface area (Å²) in [5.41, 5.74) is -1.39. The third-order valence-electron chi connectivity index (χ3n) is 5.57. The van der Waals surface area contributed by atoms with Gasteiger partial charge < -0.3 is 19.2 Å². The maximum Gasteiger partial charge on any atom is 0.410 e. The Hall–Kier alpha value is -0.963. The van der Waals surface area contributed by atoms with Gasteiger partial charge >= 0.3 is 6.09 Å². The monoisotopic (exact) mass is 486 g/mol. The fourth-order valence-electron chi connectivity index (χ4n) is 3.11. The van der Waals surface area contributed by atoms with Crippen LogP contribution in [0, 0.1) is 0 Å². The van der Waals surface area contributed by atoms with E-state index in [0.717, 1.165) is 4.47 Å². The number of carbonyl (C=O) groups is 1. The van der Waals surface area contributed by atoms with Gasteiger partial charge in [-0.05, 0) is 67.0 Å². The fraction of sp³-hybridized carbons (Fsp3) is 0.714. The van der Waals surface area contributed by atoms with Crippen molar-refractivity contribution in [1.29, 1.82) is 0 Å². The highest BCUT2D eigenvalue weighted by Crippen LogP contribution is 2.40. The molecule has 1 fully saturated rings. The van der Waals surface area contributed by atoms with Gasteiger partial charge in [0.05, 0.1) is 18.3 Å². The molecule has 0 bridgehead atoms. The maximum absolute atomic E-state index is 12.8. The minimum atomic E-state index is -2.09. The van der Waals surface area contributed by atoms with Crippen molar-refractivity contribution in [3.8, 4) is 0 Å². The number of likely N-dealkylation sites (tertiary alicyclic amines) is 1. The van der Waals surface area contributed by atoms with Crippen LogP contribution >= 0.6 is 15.9 Å². The molecule has 1 aliphatic rings. The number of nitrogens with zero attached hydrogens (tertiary/aromatic N) is 2. The van der Waals surface area contributed by atoms with Crippen LogP contribution in [0.2, 0.25) is 18.1 Å². The van der Waals surface area contributed by atoms with Gasteiger partial charge in [-0.3, -0.25) is 4.98 Å². The maximum atomic E-state index is 12.8. The minimum absolute atomic E-state index is 0.0230. The molecule has 164 valence electrons. The molecule has 0 radical (unpaired) electrons. The SMILES string of the molecule is CC(C)(C)OC(=O)N1CC(O[Si](C)(C)C(C)(C)C)CC(O)(c2ccc(Br)cn2)C1. The number of pyridine rings is 1. The van der Waals surface area contributed by atoms with Gasteiger partial charge in [0, 0.05) is 23.6 Å². The number of piperidine rings is 1. The highest BCUT2D eigenvalue weighted by molar-refractivity contribution is 9.10. The van der Waals surface area contributed by atoms with Crippen molar-refractivity contribution in [3.05, 3.63) is 28.5 Å². The molecule has 2 rings (SSSR count). The number of aliphatic hydroxyl groups is 1. The molecule has 29 heavy (non-hydrogen) atoms. The van der Waals surface area contributed by atoms with Crippen molar-refractivity contribution in [2.45, 2.75) is 83.4 Å². The summed E-state index contributed by atoms with van der Waals surface area (Å²) in [6.45, 7) is 16.9. The van der Waals surface area contributed by atoms with Crippen LogP contribution in [0.1, 0.15) is 53.7 Å². The Morgan fingerprint density at radius 2 is 1.90 bits per heavy atom. The van der Waals surface area contributed by atoms with Crippen LogP contribution in [0.3, 0.4) is 0 Å². The molecule has 1 N–H and O–H groups in total. The molecule has 6 nitrogen and oxygen atoms in total. The van der Waals surface area contributed by atoms with Crippen molar-refractivity contribution >= 4 is 30.3 Å². The molecule has 0 aliphatic carbocycles. The zero-order valence-electron chi connectivity index (χ0n) is 18.9. The first-order valence-electron chi connectivity index (χ1n) is 10.0. The van der Waals surface area contributed by atoms with Crippen LogP contribution < -0.4 is 0 Å². The summed E-state index contributed by atoms with van der Waals surface area (Å²) < 4.78 is 13.0. The molecule has 1 amide bonds. The molecule has 0 spiro atoms. The molecular weight excluding hydrogens is 452 g/mol. The predicted molar refractivity (Wildman–Crippen MR) is 120 cm³/mol. The zero-order valence-corrected chi connectivity index (χ0v) is 21.5. The first-order valence-corrected chi connectivity index (χ1v) is 13.7. The van der Waals surface area contributed by atoms with Crippen LogP contribution in [-0.2, 0) is 14.8 Å². The van der Waals surface area contributed by atoms with Crippen molar-refractivity contribution < 1.29 is 19.1 Å². The summed E-state index contributed by atoms with van der Waals surface area (Å²) in [6, 6.07) is 3.63. The van der Waals surface area contributed by atoms with Gasteiger partial charge in [-0.25, -0.2) is 4.79 Å². The number of β-amino-alcohol motifs (C(OH)–C–C–N with tert-alkyl or cyclic N) is 1. The van der Waals surface area contributed by atoms with Gasteiger partial charge in [0.15, 0.2) is 8.32 Å². The average molecular weight is 488 g/mol. The van der Waals surface area contributed by atoms with Crippen molar-refractivity contribution in [2.24, 2.45) is 0 Å². The molecule has 1 aromatic rings. The smallest absolute Gasteiger partial charge is 0.410 e. The molecule has 0 saturated carbocycles. The number of amides is 1. The van der Waals surface area contributed by atoms with Crippen molar-refractivity contribution in [3.63, 3.8) is 0 Å². The number of hydrogen-bond acceptors (Lipinski definition) is 5. The summed E-state index contributed by atoms with van der Waals surface area (Å²) in [5, 5.41) is 11.6. The highest BCUT2D eigenvalue weighted by Gasteiger charge is 2.47. The lowest BCUT2D eigenvalue weighted by molar-refractivity contribution is -0.0855. The molecule has 8 heteroatoms. The van der Waals surface area contributed by atoms with Crippen LogP contribution in [0.4, 0.5) is 4.79 Å². The summed E-state index contributed by atoms with van der Waals surface area (Å²) >= 11 is 3.38. The Morgan fingerprint density at radius 1 is 1.28 bits per heavy atom. The van der Waals surface area contributed by atoms with Gasteiger partial charge in [0.1, 0.15) is 11.2 Å². The lowest BCUT2D eigenvalue weighted by atomic mass is 9.88. The topological polar surface area (TPSA) is 71.9 Å². The summed E-state index contributed by atoms with van der Waals surface area (Å²) in [4.78, 5) is 18.8. The molecular formula is C21H35BrN2O4Si. The molecule has 2 atom stereocenters. The Labute approximate surface area is 184 Å². The first-order chi connectivity index (χ1) is 13.0. The van der Waals surface area contributed by atoms with E-state index < -0.39 is 25.6 Å². The second-order valence-electron chi connectivity index (χ2n) is 10.5. The van der Waals surface area contributed by atoms with Crippen LogP contribution in [0.15, 0.2) is 22.8 Å². The molecule has 2 unspecified atom stereocenters. The van der Waals surface area contributed by atoms with Gasteiger partial charge in [0.25, 0.3) is 0 Å². The first kappa shape index (κ1) is 24.3. The third kappa shape index (κ3) is 6.26. The lowest BCUT2D eigenvalue weighted by Crippen LogP contribution is -2.58. The van der Waals surface area contributed by atoms with Crippen molar-refractivity contribution in [2.75, 3.05) is 13.1 Å². The standard InChI is InChI=1S/C21H35BrN2O4Si/c1-19(2,3)27-18(25)24-13-16(28-29(7,8)20(4,5)6)11-21(26,14-24)17-10-9-15(22)12-23-17/h9-10,12,16,26H,11,13-14H2,1-8H3. The third-order valence-corrected chi connectivity index (χ3v) is 10.6. The largest absolute Gasteiger partial charge is 0.444 e. The van der Waals surface area contributed by atoms with E-state index in [1.807, 2.05) is 26.8 Å². The fourth-order valence-corrected chi connectivity index (χ4v) is 4.69. The molecule has 1 aromatic heterocycles. The predicted octanol–water partition coefficient (Wildman–Crippen LogP) is 5.06. The Balaban J connectivity index is 2.34. The summed E-state index contributed by atoms with van der Waals surface area (Å²) in [7, 11) is -2.09. The van der Waals surface area contributed by atoms with Gasteiger partial charge in [0.2, 0.25) is 0 Å². The van der Waals surface area contributed by atoms with E-state index in [0.29, 0.717) is 18.7 Å². The van der Waals surface area contributed by atoms with E-state index in [2.05, 4.69) is 54.8 Å². The number of halogens is 1. The zero-order chi connectivity index (χ0) is 22.3. The number of ether oxygens (including phenoxy) is 1. The van der Waals surface area contributed by atoms with E-state index in [1.54, 1.807) is 17.2 Å². The summed E-state index contributed by atoms with van der Waals surface area (Å²) in [5.74, 6) is 0. The number of carbonyl (C=O) groups excluding carboxylic acids is 1. The highest BCUT2D eigenvalue weighted by atomic mass is 79.9. The molecule has 0 aromatic carbocycles. The Kier molecular flexibility index (Phi) is 6.94. The van der Waals surface area contributed by atoms with Gasteiger partial charge in [-0.15, -0.1) is 0 Å².